The number of aromatic nitrogens is 2. The van der Waals surface area contributed by atoms with E-state index in [0.29, 0.717) is 23.5 Å². The summed E-state index contributed by atoms with van der Waals surface area (Å²) in [6.45, 7) is 5.80. The third-order valence-corrected chi connectivity index (χ3v) is 5.91. The molecule has 1 saturated heterocycles. The normalized spacial score (nSPS) is 14.7. The number of likely N-dealkylation sites (tertiary alicyclic amines) is 1. The van der Waals surface area contributed by atoms with Gasteiger partial charge < -0.3 is 4.90 Å². The lowest BCUT2D eigenvalue weighted by Crippen LogP contribution is -2.27. The van der Waals surface area contributed by atoms with Crippen LogP contribution in [-0.4, -0.2) is 42.1 Å². The predicted octanol–water partition coefficient (Wildman–Crippen LogP) is 2.25. The molecule has 1 aliphatic rings. The Morgan fingerprint density at radius 3 is 2.40 bits per heavy atom. The second-order valence-corrected chi connectivity index (χ2v) is 7.74. The van der Waals surface area contributed by atoms with Crippen molar-refractivity contribution in [2.75, 3.05) is 17.8 Å². The van der Waals surface area contributed by atoms with Gasteiger partial charge in [-0.1, -0.05) is 0 Å². The molecule has 1 aromatic carbocycles. The number of carbonyl (C=O) groups is 1. The highest BCUT2D eigenvalue weighted by atomic mass is 32.2. The number of amides is 1. The lowest BCUT2D eigenvalue weighted by atomic mass is 10.2. The highest BCUT2D eigenvalue weighted by Gasteiger charge is 2.22. The van der Waals surface area contributed by atoms with Crippen molar-refractivity contribution in [1.82, 2.24) is 14.7 Å². The van der Waals surface area contributed by atoms with Gasteiger partial charge in [0.1, 0.15) is 4.90 Å². The average Bonchev–Trinajstić information content (AvgIpc) is 3.24. The minimum atomic E-state index is -3.71. The van der Waals surface area contributed by atoms with Gasteiger partial charge in [0.15, 0.2) is 0 Å². The molecule has 25 heavy (non-hydrogen) atoms. The quantitative estimate of drug-likeness (QED) is 0.884. The first-order chi connectivity index (χ1) is 11.9. The molecule has 2 aromatic rings. The van der Waals surface area contributed by atoms with Crippen molar-refractivity contribution in [3.05, 3.63) is 41.7 Å². The van der Waals surface area contributed by atoms with Crippen molar-refractivity contribution in [3.8, 4) is 0 Å². The summed E-state index contributed by atoms with van der Waals surface area (Å²) in [6, 6.07) is 6.53. The molecule has 0 spiro atoms. The second kappa shape index (κ2) is 6.87. The number of anilines is 1. The Balaban J connectivity index is 1.76. The van der Waals surface area contributed by atoms with Crippen molar-refractivity contribution in [3.63, 3.8) is 0 Å². The van der Waals surface area contributed by atoms with E-state index in [4.69, 9.17) is 0 Å². The van der Waals surface area contributed by atoms with E-state index in [9.17, 15) is 13.2 Å². The Labute approximate surface area is 147 Å². The number of sulfonamides is 1. The molecule has 0 radical (unpaired) electrons. The monoisotopic (exact) mass is 362 g/mol. The number of hydrogen-bond acceptors (Lipinski definition) is 4. The van der Waals surface area contributed by atoms with Gasteiger partial charge >= 0.3 is 0 Å². The highest BCUT2D eigenvalue weighted by Crippen LogP contribution is 2.20. The fourth-order valence-corrected chi connectivity index (χ4v) is 4.24. The number of rotatable bonds is 5. The number of nitrogens with one attached hydrogen (secondary N) is 1. The van der Waals surface area contributed by atoms with E-state index in [2.05, 4.69) is 9.82 Å². The molecular weight excluding hydrogens is 340 g/mol. The first-order valence-electron chi connectivity index (χ1n) is 8.37. The highest BCUT2D eigenvalue weighted by molar-refractivity contribution is 7.92. The molecule has 0 aliphatic carbocycles. The summed E-state index contributed by atoms with van der Waals surface area (Å²) in [4.78, 5) is 14.3. The molecule has 0 bridgehead atoms. The van der Waals surface area contributed by atoms with Gasteiger partial charge in [0.2, 0.25) is 0 Å². The summed E-state index contributed by atoms with van der Waals surface area (Å²) in [5, 5.41) is 4.07. The van der Waals surface area contributed by atoms with Gasteiger partial charge in [0, 0.05) is 30.9 Å². The second-order valence-electron chi connectivity index (χ2n) is 6.09. The first kappa shape index (κ1) is 17.5. The zero-order valence-corrected chi connectivity index (χ0v) is 15.2. The van der Waals surface area contributed by atoms with Crippen molar-refractivity contribution < 1.29 is 13.2 Å². The smallest absolute Gasteiger partial charge is 0.265 e. The molecule has 1 N–H and O–H groups in total. The Bertz CT molecular complexity index is 866. The van der Waals surface area contributed by atoms with Crippen LogP contribution in [0, 0.1) is 6.92 Å². The van der Waals surface area contributed by atoms with Crippen LogP contribution in [0.1, 0.15) is 35.8 Å². The Hall–Kier alpha value is -2.35. The summed E-state index contributed by atoms with van der Waals surface area (Å²) >= 11 is 0. The molecular formula is C17H22N4O3S. The molecule has 134 valence electrons. The van der Waals surface area contributed by atoms with Gasteiger partial charge in [0.25, 0.3) is 15.9 Å². The van der Waals surface area contributed by atoms with E-state index in [-0.39, 0.29) is 10.8 Å². The minimum absolute atomic E-state index is 0.00743. The lowest BCUT2D eigenvalue weighted by Gasteiger charge is -2.15. The van der Waals surface area contributed by atoms with Crippen LogP contribution < -0.4 is 4.72 Å². The van der Waals surface area contributed by atoms with Gasteiger partial charge in [-0.2, -0.15) is 5.10 Å². The molecule has 0 saturated carbocycles. The SMILES string of the molecule is CCn1ncc(S(=O)(=O)Nc2ccc(C(=O)N3CCCC3)cc2)c1C. The Kier molecular flexibility index (Phi) is 4.80. The largest absolute Gasteiger partial charge is 0.339 e. The Morgan fingerprint density at radius 2 is 1.84 bits per heavy atom. The standard InChI is InChI=1S/C17H22N4O3S/c1-3-21-13(2)16(12-18-21)25(23,24)19-15-8-6-14(7-9-15)17(22)20-10-4-5-11-20/h6-9,12,19H,3-5,10-11H2,1-2H3. The lowest BCUT2D eigenvalue weighted by molar-refractivity contribution is 0.0793. The summed E-state index contributed by atoms with van der Waals surface area (Å²) in [7, 11) is -3.71. The third-order valence-electron chi connectivity index (χ3n) is 4.42. The van der Waals surface area contributed by atoms with Crippen LogP contribution >= 0.6 is 0 Å². The molecule has 1 aliphatic heterocycles. The molecule has 0 unspecified atom stereocenters. The maximum atomic E-state index is 12.5. The summed E-state index contributed by atoms with van der Waals surface area (Å²) in [5.74, 6) is -0.00743. The first-order valence-corrected chi connectivity index (χ1v) is 9.85. The molecule has 1 fully saturated rings. The molecule has 0 atom stereocenters. The zero-order valence-electron chi connectivity index (χ0n) is 14.4. The maximum Gasteiger partial charge on any atom is 0.265 e. The van der Waals surface area contributed by atoms with Crippen molar-refractivity contribution >= 4 is 21.6 Å². The topological polar surface area (TPSA) is 84.3 Å². The van der Waals surface area contributed by atoms with Crippen LogP contribution in [0.15, 0.2) is 35.4 Å². The predicted molar refractivity (Wildman–Crippen MR) is 95.0 cm³/mol. The summed E-state index contributed by atoms with van der Waals surface area (Å²) in [6.07, 6.45) is 3.43. The van der Waals surface area contributed by atoms with Crippen LogP contribution in [0.3, 0.4) is 0 Å². The van der Waals surface area contributed by atoms with E-state index in [1.54, 1.807) is 35.9 Å². The number of aryl methyl sites for hydroxylation is 1. The van der Waals surface area contributed by atoms with Crippen molar-refractivity contribution in [2.24, 2.45) is 0 Å². The van der Waals surface area contributed by atoms with E-state index in [1.165, 1.54) is 6.20 Å². The summed E-state index contributed by atoms with van der Waals surface area (Å²) in [5.41, 5.74) is 1.58. The molecule has 1 aromatic heterocycles. The zero-order chi connectivity index (χ0) is 18.0. The van der Waals surface area contributed by atoms with Gasteiger partial charge in [0.05, 0.1) is 11.9 Å². The molecule has 2 heterocycles. The van der Waals surface area contributed by atoms with Gasteiger partial charge in [-0.15, -0.1) is 0 Å². The average molecular weight is 362 g/mol. The number of benzene rings is 1. The molecule has 3 rings (SSSR count). The van der Waals surface area contributed by atoms with Crippen LogP contribution in [-0.2, 0) is 16.6 Å². The number of carbonyl (C=O) groups excluding carboxylic acids is 1. The van der Waals surface area contributed by atoms with Crippen LogP contribution in [0.25, 0.3) is 0 Å². The minimum Gasteiger partial charge on any atom is -0.339 e. The van der Waals surface area contributed by atoms with Crippen molar-refractivity contribution in [2.45, 2.75) is 38.1 Å². The molecule has 7 nitrogen and oxygen atoms in total. The fourth-order valence-electron chi connectivity index (χ4n) is 3.01. The number of hydrogen-bond donors (Lipinski definition) is 1. The van der Waals surface area contributed by atoms with E-state index in [1.807, 2.05) is 11.8 Å². The van der Waals surface area contributed by atoms with Crippen molar-refractivity contribution in [1.29, 1.82) is 0 Å². The van der Waals surface area contributed by atoms with Gasteiger partial charge in [-0.3, -0.25) is 14.2 Å². The van der Waals surface area contributed by atoms with Gasteiger partial charge in [-0.25, -0.2) is 8.42 Å². The van der Waals surface area contributed by atoms with E-state index < -0.39 is 10.0 Å². The van der Waals surface area contributed by atoms with Crippen LogP contribution in [0.4, 0.5) is 5.69 Å². The van der Waals surface area contributed by atoms with Crippen LogP contribution in [0.5, 0.6) is 0 Å². The molecule has 1 amide bonds. The van der Waals surface area contributed by atoms with Crippen LogP contribution in [0.2, 0.25) is 0 Å². The van der Waals surface area contributed by atoms with E-state index in [0.717, 1.165) is 25.9 Å². The Morgan fingerprint density at radius 1 is 1.20 bits per heavy atom. The maximum absolute atomic E-state index is 12.5. The summed E-state index contributed by atoms with van der Waals surface area (Å²) < 4.78 is 29.3. The number of nitrogens with zero attached hydrogens (tertiary/aromatic N) is 3. The third kappa shape index (κ3) is 3.53. The van der Waals surface area contributed by atoms with Gasteiger partial charge in [-0.05, 0) is 51.0 Å². The molecule has 8 heteroatoms. The van der Waals surface area contributed by atoms with E-state index >= 15 is 0 Å². The fraction of sp³-hybridized carbons (Fsp3) is 0.412.